The molecular weight excluding hydrogens is 301 g/mol. The molecule has 23 heavy (non-hydrogen) atoms. The van der Waals surface area contributed by atoms with Gasteiger partial charge in [0.2, 0.25) is 0 Å². The van der Waals surface area contributed by atoms with E-state index in [-0.39, 0.29) is 5.82 Å². The fraction of sp³-hybridized carbons (Fsp3) is 0.333. The summed E-state index contributed by atoms with van der Waals surface area (Å²) in [7, 11) is 1.32. The average Bonchev–Trinajstić information content (AvgIpc) is 2.62. The Morgan fingerprint density at radius 3 is 2.52 bits per heavy atom. The summed E-state index contributed by atoms with van der Waals surface area (Å²) in [6.45, 7) is 2.35. The lowest BCUT2D eigenvalue weighted by molar-refractivity contribution is 0.0600. The molecule has 8 heteroatoms. The summed E-state index contributed by atoms with van der Waals surface area (Å²) in [5, 5.41) is 0. The van der Waals surface area contributed by atoms with Crippen molar-refractivity contribution in [2.45, 2.75) is 0 Å². The maximum Gasteiger partial charge on any atom is 0.343 e. The molecule has 2 aromatic rings. The van der Waals surface area contributed by atoms with Crippen LogP contribution in [0.5, 0.6) is 0 Å². The third kappa shape index (κ3) is 3.05. The number of ether oxygens (including phenoxy) is 1. The highest BCUT2D eigenvalue weighted by Crippen LogP contribution is 2.22. The van der Waals surface area contributed by atoms with Gasteiger partial charge in [0, 0.05) is 38.6 Å². The molecule has 1 fully saturated rings. The zero-order valence-corrected chi connectivity index (χ0v) is 12.6. The Hall–Kier alpha value is -2.77. The minimum absolute atomic E-state index is 0.326. The number of nitrogens with zero attached hydrogens (tertiary/aromatic N) is 5. The van der Waals surface area contributed by atoms with Gasteiger partial charge in [-0.1, -0.05) is 0 Å². The summed E-state index contributed by atoms with van der Waals surface area (Å²) in [6.07, 6.45) is 4.41. The number of carbonyl (C=O) groups is 1. The highest BCUT2D eigenvalue weighted by molar-refractivity contribution is 5.94. The number of piperazine rings is 1. The van der Waals surface area contributed by atoms with Crippen LogP contribution in [-0.2, 0) is 4.74 Å². The highest BCUT2D eigenvalue weighted by Gasteiger charge is 2.24. The monoisotopic (exact) mass is 317 g/mol. The van der Waals surface area contributed by atoms with E-state index in [4.69, 9.17) is 4.74 Å². The van der Waals surface area contributed by atoms with Crippen molar-refractivity contribution in [2.75, 3.05) is 43.1 Å². The van der Waals surface area contributed by atoms with Crippen LogP contribution in [-0.4, -0.2) is 54.2 Å². The zero-order valence-electron chi connectivity index (χ0n) is 12.6. The maximum absolute atomic E-state index is 13.8. The lowest BCUT2D eigenvalue weighted by Gasteiger charge is -2.36. The van der Waals surface area contributed by atoms with Crippen molar-refractivity contribution in [3.05, 3.63) is 42.2 Å². The number of anilines is 2. The molecule has 2 aromatic heterocycles. The molecule has 0 saturated carbocycles. The SMILES string of the molecule is COC(=O)c1cncnc1N1CCN(c2ncccc2F)CC1. The molecule has 0 bridgehead atoms. The van der Waals surface area contributed by atoms with Crippen molar-refractivity contribution in [2.24, 2.45) is 0 Å². The van der Waals surface area contributed by atoms with Crippen LogP contribution in [0.25, 0.3) is 0 Å². The summed E-state index contributed by atoms with van der Waals surface area (Å²) in [6, 6.07) is 2.97. The van der Waals surface area contributed by atoms with Gasteiger partial charge in [0.25, 0.3) is 0 Å². The predicted octanol–water partition coefficient (Wildman–Crippen LogP) is 1.12. The second-order valence-corrected chi connectivity index (χ2v) is 5.03. The van der Waals surface area contributed by atoms with Crippen LogP contribution >= 0.6 is 0 Å². The Morgan fingerprint density at radius 2 is 1.87 bits per heavy atom. The van der Waals surface area contributed by atoms with Gasteiger partial charge in [-0.2, -0.15) is 0 Å². The lowest BCUT2D eigenvalue weighted by atomic mass is 10.2. The van der Waals surface area contributed by atoms with Gasteiger partial charge in [0.1, 0.15) is 17.7 Å². The van der Waals surface area contributed by atoms with Crippen molar-refractivity contribution in [3.8, 4) is 0 Å². The summed E-state index contributed by atoms with van der Waals surface area (Å²) < 4.78 is 18.6. The minimum atomic E-state index is -0.473. The first-order valence-electron chi connectivity index (χ1n) is 7.19. The molecule has 1 aliphatic heterocycles. The number of hydrogen-bond acceptors (Lipinski definition) is 7. The van der Waals surface area contributed by atoms with E-state index in [9.17, 15) is 9.18 Å². The quantitative estimate of drug-likeness (QED) is 0.786. The molecule has 0 unspecified atom stereocenters. The van der Waals surface area contributed by atoms with E-state index in [0.717, 1.165) is 0 Å². The molecule has 1 saturated heterocycles. The van der Waals surface area contributed by atoms with E-state index < -0.39 is 5.97 Å². The number of hydrogen-bond donors (Lipinski definition) is 0. The number of esters is 1. The summed E-state index contributed by atoms with van der Waals surface area (Å²) >= 11 is 0. The van der Waals surface area contributed by atoms with Crippen molar-refractivity contribution in [1.29, 1.82) is 0 Å². The Labute approximate surface area is 132 Å². The third-order valence-corrected chi connectivity index (χ3v) is 3.71. The van der Waals surface area contributed by atoms with E-state index in [1.165, 1.54) is 25.7 Å². The summed E-state index contributed by atoms with van der Waals surface area (Å²) in [5.41, 5.74) is 0.326. The fourth-order valence-electron chi connectivity index (χ4n) is 2.57. The van der Waals surface area contributed by atoms with Gasteiger partial charge in [0.05, 0.1) is 7.11 Å². The van der Waals surface area contributed by atoms with E-state index in [0.29, 0.717) is 43.4 Å². The van der Waals surface area contributed by atoms with E-state index >= 15 is 0 Å². The Kier molecular flexibility index (Phi) is 4.31. The molecule has 120 valence electrons. The van der Waals surface area contributed by atoms with Gasteiger partial charge in [-0.25, -0.2) is 24.1 Å². The van der Waals surface area contributed by atoms with Crippen molar-refractivity contribution in [3.63, 3.8) is 0 Å². The fourth-order valence-corrected chi connectivity index (χ4v) is 2.57. The number of halogens is 1. The van der Waals surface area contributed by atoms with Crippen LogP contribution in [0.1, 0.15) is 10.4 Å². The molecule has 0 aliphatic carbocycles. The van der Waals surface area contributed by atoms with Crippen LogP contribution in [0.2, 0.25) is 0 Å². The van der Waals surface area contributed by atoms with Crippen molar-refractivity contribution < 1.29 is 13.9 Å². The average molecular weight is 317 g/mol. The molecule has 7 nitrogen and oxygen atoms in total. The summed E-state index contributed by atoms with van der Waals surface area (Å²) in [4.78, 5) is 27.8. The van der Waals surface area contributed by atoms with E-state index in [2.05, 4.69) is 15.0 Å². The predicted molar refractivity (Wildman–Crippen MR) is 82.0 cm³/mol. The van der Waals surface area contributed by atoms with Crippen LogP contribution in [0.3, 0.4) is 0 Å². The molecule has 0 spiro atoms. The van der Waals surface area contributed by atoms with E-state index in [1.54, 1.807) is 12.3 Å². The number of aromatic nitrogens is 3. The van der Waals surface area contributed by atoms with Crippen molar-refractivity contribution in [1.82, 2.24) is 15.0 Å². The number of pyridine rings is 1. The van der Waals surface area contributed by atoms with Gasteiger partial charge < -0.3 is 14.5 Å². The lowest BCUT2D eigenvalue weighted by Crippen LogP contribution is -2.47. The molecule has 0 aromatic carbocycles. The molecular formula is C15H16FN5O2. The largest absolute Gasteiger partial charge is 0.465 e. The van der Waals surface area contributed by atoms with Gasteiger partial charge >= 0.3 is 5.97 Å². The van der Waals surface area contributed by atoms with Crippen LogP contribution in [0.4, 0.5) is 16.0 Å². The first kappa shape index (κ1) is 15.1. The van der Waals surface area contributed by atoms with Crippen LogP contribution < -0.4 is 9.80 Å². The third-order valence-electron chi connectivity index (χ3n) is 3.71. The zero-order chi connectivity index (χ0) is 16.2. The normalized spacial score (nSPS) is 14.7. The maximum atomic E-state index is 13.8. The van der Waals surface area contributed by atoms with Gasteiger partial charge in [0.15, 0.2) is 11.6 Å². The smallest absolute Gasteiger partial charge is 0.343 e. The second-order valence-electron chi connectivity index (χ2n) is 5.03. The first-order chi connectivity index (χ1) is 11.2. The van der Waals surface area contributed by atoms with Crippen LogP contribution in [0, 0.1) is 5.82 Å². The standard InChI is InChI=1S/C15H16FN5O2/c1-23-15(22)11-9-17-10-19-13(11)20-5-7-21(8-6-20)14-12(16)3-2-4-18-14/h2-4,9-10H,5-8H2,1H3. The second kappa shape index (κ2) is 6.55. The van der Waals surface area contributed by atoms with Gasteiger partial charge in [-0.05, 0) is 12.1 Å². The molecule has 0 radical (unpaired) electrons. The van der Waals surface area contributed by atoms with Gasteiger partial charge in [-0.15, -0.1) is 0 Å². The molecule has 3 rings (SSSR count). The van der Waals surface area contributed by atoms with Gasteiger partial charge in [-0.3, -0.25) is 0 Å². The molecule has 0 amide bonds. The number of carbonyl (C=O) groups excluding carboxylic acids is 1. The minimum Gasteiger partial charge on any atom is -0.465 e. The summed E-state index contributed by atoms with van der Waals surface area (Å²) in [5.74, 6) is 0.0769. The molecule has 0 N–H and O–H groups in total. The first-order valence-corrected chi connectivity index (χ1v) is 7.19. The number of methoxy groups -OCH3 is 1. The number of rotatable bonds is 3. The molecule has 3 heterocycles. The van der Waals surface area contributed by atoms with Crippen LogP contribution in [0.15, 0.2) is 30.9 Å². The molecule has 0 atom stereocenters. The Bertz CT molecular complexity index is 704. The van der Waals surface area contributed by atoms with Crippen molar-refractivity contribution >= 4 is 17.6 Å². The Morgan fingerprint density at radius 1 is 1.17 bits per heavy atom. The topological polar surface area (TPSA) is 71.5 Å². The Balaban J connectivity index is 1.75. The highest BCUT2D eigenvalue weighted by atomic mass is 19.1. The van der Waals surface area contributed by atoms with E-state index in [1.807, 2.05) is 9.80 Å². The molecule has 1 aliphatic rings.